The minimum Gasteiger partial charge on any atom is -0.462 e. The number of nitrogens with two attached hydrogens (primary N) is 1. The van der Waals surface area contributed by atoms with Gasteiger partial charge >= 0.3 is 18.1 Å². The molecule has 1 heterocycles. The molecule has 0 fully saturated rings. The summed E-state index contributed by atoms with van der Waals surface area (Å²) in [5.74, 6) is -4.30. The van der Waals surface area contributed by atoms with Crippen LogP contribution in [-0.4, -0.2) is 41.6 Å². The Morgan fingerprint density at radius 1 is 1.09 bits per heavy atom. The van der Waals surface area contributed by atoms with Crippen LogP contribution in [-0.2, 0) is 30.0 Å². The van der Waals surface area contributed by atoms with Crippen molar-refractivity contribution in [3.63, 3.8) is 0 Å². The molecule has 0 bridgehead atoms. The number of unbranched alkanes of at least 4 members (excludes halogenated alkanes) is 1. The SMILES string of the molecule is CCCCOC(=O)C1=C(N)N(c2cccc(C(F)(F)F)c2)C(C)=C(C(=O)O[C@@H](C)C(=O)C(C)O)C1c1ccc(C#N)cc1. The van der Waals surface area contributed by atoms with Crippen molar-refractivity contribution < 1.29 is 42.1 Å². The number of halogens is 3. The topological polar surface area (TPSA) is 143 Å². The van der Waals surface area contributed by atoms with E-state index in [1.807, 2.05) is 13.0 Å². The van der Waals surface area contributed by atoms with Crippen molar-refractivity contribution in [3.8, 4) is 6.07 Å². The van der Waals surface area contributed by atoms with Gasteiger partial charge in [0.05, 0.1) is 40.9 Å². The van der Waals surface area contributed by atoms with Crippen molar-refractivity contribution in [3.05, 3.63) is 87.9 Å². The van der Waals surface area contributed by atoms with Gasteiger partial charge in [-0.2, -0.15) is 18.4 Å². The number of aliphatic hydroxyl groups is 1. The average Bonchev–Trinajstić information content (AvgIpc) is 2.96. The third-order valence-corrected chi connectivity index (χ3v) is 6.89. The van der Waals surface area contributed by atoms with Gasteiger partial charge in [0.2, 0.25) is 5.78 Å². The quantitative estimate of drug-likeness (QED) is 0.289. The van der Waals surface area contributed by atoms with E-state index in [1.54, 1.807) is 0 Å². The van der Waals surface area contributed by atoms with Gasteiger partial charge in [0.15, 0.2) is 6.10 Å². The number of ketones is 1. The highest BCUT2D eigenvalue weighted by Crippen LogP contribution is 2.44. The number of ether oxygens (including phenoxy) is 2. The lowest BCUT2D eigenvalue weighted by Gasteiger charge is -2.37. The lowest BCUT2D eigenvalue weighted by Crippen LogP contribution is -2.40. The first-order valence-electron chi connectivity index (χ1n) is 13.5. The Balaban J connectivity index is 2.32. The van der Waals surface area contributed by atoms with Crippen LogP contribution in [0.3, 0.4) is 0 Å². The third kappa shape index (κ3) is 7.24. The molecule has 0 saturated heterocycles. The molecule has 0 aromatic heterocycles. The summed E-state index contributed by atoms with van der Waals surface area (Å²) in [5, 5.41) is 19.0. The zero-order chi connectivity index (χ0) is 32.1. The summed E-state index contributed by atoms with van der Waals surface area (Å²) >= 11 is 0. The van der Waals surface area contributed by atoms with E-state index in [2.05, 4.69) is 0 Å². The summed E-state index contributed by atoms with van der Waals surface area (Å²) in [7, 11) is 0. The van der Waals surface area contributed by atoms with Crippen LogP contribution in [0.5, 0.6) is 0 Å². The van der Waals surface area contributed by atoms with Gasteiger partial charge in [-0.1, -0.05) is 31.5 Å². The Hall–Kier alpha value is -4.63. The molecule has 0 radical (unpaired) electrons. The number of carbonyl (C=O) groups is 3. The molecular formula is C31H32F3N3O6. The maximum Gasteiger partial charge on any atom is 0.416 e. The summed E-state index contributed by atoms with van der Waals surface area (Å²) in [6, 6.07) is 12.1. The molecule has 43 heavy (non-hydrogen) atoms. The van der Waals surface area contributed by atoms with Crippen molar-refractivity contribution in [2.45, 2.75) is 64.8 Å². The number of aliphatic hydroxyl groups excluding tert-OH is 1. The zero-order valence-corrected chi connectivity index (χ0v) is 24.1. The second-order valence-corrected chi connectivity index (χ2v) is 9.96. The number of carbonyl (C=O) groups excluding carboxylic acids is 3. The van der Waals surface area contributed by atoms with E-state index in [1.165, 1.54) is 51.1 Å². The first-order valence-corrected chi connectivity index (χ1v) is 13.5. The summed E-state index contributed by atoms with van der Waals surface area (Å²) in [6.45, 7) is 5.78. The molecule has 2 aromatic rings. The predicted molar refractivity (Wildman–Crippen MR) is 150 cm³/mol. The average molecular weight is 600 g/mol. The molecule has 12 heteroatoms. The normalized spacial score (nSPS) is 16.8. The van der Waals surface area contributed by atoms with Gasteiger partial charge in [0.25, 0.3) is 0 Å². The maximum atomic E-state index is 13.8. The molecule has 0 spiro atoms. The van der Waals surface area contributed by atoms with E-state index in [4.69, 9.17) is 15.2 Å². The van der Waals surface area contributed by atoms with Crippen molar-refractivity contribution in [2.24, 2.45) is 5.73 Å². The molecule has 228 valence electrons. The van der Waals surface area contributed by atoms with E-state index in [0.29, 0.717) is 18.4 Å². The lowest BCUT2D eigenvalue weighted by atomic mass is 9.80. The number of nitriles is 1. The van der Waals surface area contributed by atoms with Crippen LogP contribution in [0, 0.1) is 11.3 Å². The van der Waals surface area contributed by atoms with Gasteiger partial charge in [-0.05, 0) is 63.1 Å². The van der Waals surface area contributed by atoms with Crippen molar-refractivity contribution in [2.75, 3.05) is 11.5 Å². The number of rotatable bonds is 10. The van der Waals surface area contributed by atoms with E-state index >= 15 is 0 Å². The number of Topliss-reactive ketones (excluding diaryl/α,β-unsaturated/α-hetero) is 1. The molecule has 1 aliphatic heterocycles. The summed E-state index contributed by atoms with van der Waals surface area (Å²) < 4.78 is 51.8. The van der Waals surface area contributed by atoms with Crippen LogP contribution in [0.2, 0.25) is 0 Å². The highest BCUT2D eigenvalue weighted by atomic mass is 19.4. The molecular weight excluding hydrogens is 567 g/mol. The third-order valence-electron chi connectivity index (χ3n) is 6.89. The van der Waals surface area contributed by atoms with E-state index in [0.717, 1.165) is 23.1 Å². The van der Waals surface area contributed by atoms with Crippen molar-refractivity contribution >= 4 is 23.4 Å². The second-order valence-electron chi connectivity index (χ2n) is 9.96. The Morgan fingerprint density at radius 3 is 2.30 bits per heavy atom. The second kappa shape index (κ2) is 13.6. The molecule has 0 aliphatic carbocycles. The van der Waals surface area contributed by atoms with Gasteiger partial charge in [0, 0.05) is 11.4 Å². The fourth-order valence-corrected chi connectivity index (χ4v) is 4.66. The Morgan fingerprint density at radius 2 is 1.74 bits per heavy atom. The molecule has 2 unspecified atom stereocenters. The zero-order valence-electron chi connectivity index (χ0n) is 24.1. The Kier molecular flexibility index (Phi) is 10.4. The number of benzene rings is 2. The molecule has 2 aromatic carbocycles. The highest BCUT2D eigenvalue weighted by molar-refractivity contribution is 6.02. The minimum atomic E-state index is -4.70. The van der Waals surface area contributed by atoms with E-state index < -0.39 is 47.6 Å². The number of alkyl halides is 3. The van der Waals surface area contributed by atoms with E-state index in [9.17, 15) is 37.9 Å². The van der Waals surface area contributed by atoms with Crippen LogP contribution in [0.25, 0.3) is 0 Å². The van der Waals surface area contributed by atoms with Crippen molar-refractivity contribution in [1.29, 1.82) is 5.26 Å². The predicted octanol–water partition coefficient (Wildman–Crippen LogP) is 4.85. The van der Waals surface area contributed by atoms with Gasteiger partial charge in [-0.15, -0.1) is 0 Å². The summed E-state index contributed by atoms with van der Waals surface area (Å²) in [6.07, 6.45) is -6.34. The fraction of sp³-hybridized carbons (Fsp3) is 0.355. The monoisotopic (exact) mass is 599 g/mol. The van der Waals surface area contributed by atoms with Gasteiger partial charge < -0.3 is 25.2 Å². The number of allylic oxidation sites excluding steroid dienone is 1. The minimum absolute atomic E-state index is 0.0121. The largest absolute Gasteiger partial charge is 0.462 e. The summed E-state index contributed by atoms with van der Waals surface area (Å²) in [4.78, 5) is 40.9. The van der Waals surface area contributed by atoms with Crippen LogP contribution < -0.4 is 10.6 Å². The number of hydrogen-bond donors (Lipinski definition) is 2. The first-order chi connectivity index (χ1) is 20.2. The molecule has 0 saturated carbocycles. The van der Waals surface area contributed by atoms with Crippen LogP contribution in [0.4, 0.5) is 18.9 Å². The van der Waals surface area contributed by atoms with Crippen molar-refractivity contribution in [1.82, 2.24) is 0 Å². The molecule has 9 nitrogen and oxygen atoms in total. The molecule has 1 aliphatic rings. The first kappa shape index (κ1) is 32.9. The van der Waals surface area contributed by atoms with Gasteiger partial charge in [-0.25, -0.2) is 9.59 Å². The Labute approximate surface area is 247 Å². The van der Waals surface area contributed by atoms with Crippen LogP contribution in [0.15, 0.2) is 71.2 Å². The van der Waals surface area contributed by atoms with Crippen LogP contribution in [0.1, 0.15) is 63.1 Å². The van der Waals surface area contributed by atoms with Crippen LogP contribution >= 0.6 is 0 Å². The van der Waals surface area contributed by atoms with Gasteiger partial charge in [-0.3, -0.25) is 4.79 Å². The smallest absolute Gasteiger partial charge is 0.416 e. The van der Waals surface area contributed by atoms with Gasteiger partial charge in [0.1, 0.15) is 11.9 Å². The summed E-state index contributed by atoms with van der Waals surface area (Å²) in [5.41, 5.74) is 5.64. The molecule has 3 rings (SSSR count). The Bertz CT molecular complexity index is 1490. The molecule has 3 atom stereocenters. The number of hydrogen-bond acceptors (Lipinski definition) is 9. The number of nitrogens with zero attached hydrogens (tertiary/aromatic N) is 2. The standard InChI is InChI=1S/C31H32F3N3O6/c1-5-6-14-42-29(40)26-25(21-12-10-20(16-35)11-13-21)24(30(41)43-19(4)27(39)18(3)38)17(2)37(28(26)36)23-9-7-8-22(15-23)31(32,33)34/h7-13,15,18-19,25,38H,5-6,14,36H2,1-4H3/t18?,19-,25?/m0/s1. The number of anilines is 1. The number of esters is 2. The fourth-order valence-electron chi connectivity index (χ4n) is 4.66. The molecule has 3 N–H and O–H groups in total. The van der Waals surface area contributed by atoms with E-state index in [-0.39, 0.29) is 40.5 Å². The maximum absolute atomic E-state index is 13.8. The molecule has 0 amide bonds. The highest BCUT2D eigenvalue weighted by Gasteiger charge is 2.43. The lowest BCUT2D eigenvalue weighted by molar-refractivity contribution is -0.153.